The number of anilines is 2. The molecule has 0 saturated carbocycles. The summed E-state index contributed by atoms with van der Waals surface area (Å²) < 4.78 is 6.12. The van der Waals surface area contributed by atoms with Gasteiger partial charge < -0.3 is 14.5 Å². The summed E-state index contributed by atoms with van der Waals surface area (Å²) in [6.45, 7) is 4.97. The van der Waals surface area contributed by atoms with E-state index in [1.807, 2.05) is 11.8 Å². The quantitative estimate of drug-likeness (QED) is 0.761. The van der Waals surface area contributed by atoms with Gasteiger partial charge in [-0.05, 0) is 24.8 Å². The van der Waals surface area contributed by atoms with Gasteiger partial charge in [0, 0.05) is 43.8 Å². The molecule has 0 spiro atoms. The van der Waals surface area contributed by atoms with E-state index in [0.29, 0.717) is 6.10 Å². The van der Waals surface area contributed by atoms with E-state index < -0.39 is 0 Å². The predicted octanol–water partition coefficient (Wildman–Crippen LogP) is 3.26. The Morgan fingerprint density at radius 3 is 2.30 bits per heavy atom. The number of benzene rings is 1. The molecule has 4 rings (SSSR count). The highest BCUT2D eigenvalue weighted by Gasteiger charge is 2.22. The average Bonchev–Trinajstić information content (AvgIpc) is 2.76. The van der Waals surface area contributed by atoms with Crippen molar-refractivity contribution in [3.63, 3.8) is 0 Å². The summed E-state index contributed by atoms with van der Waals surface area (Å²) in [7, 11) is 0. The maximum atomic E-state index is 6.12. The highest BCUT2D eigenvalue weighted by atomic mass is 32.2. The van der Waals surface area contributed by atoms with Crippen molar-refractivity contribution in [1.82, 2.24) is 9.97 Å². The Bertz CT molecular complexity index is 700. The SMILES string of the molecule is c1ccc(CCOC2CCN(c3cc(N4CCSCC4)ncn3)CC2)cc1. The highest BCUT2D eigenvalue weighted by Crippen LogP contribution is 2.24. The van der Waals surface area contributed by atoms with E-state index >= 15 is 0 Å². The molecule has 2 fully saturated rings. The van der Waals surface area contributed by atoms with E-state index in [0.717, 1.165) is 63.7 Å². The van der Waals surface area contributed by atoms with Crippen LogP contribution in [0.4, 0.5) is 11.6 Å². The molecule has 0 amide bonds. The zero-order chi connectivity index (χ0) is 18.3. The molecule has 0 unspecified atom stereocenters. The average molecular weight is 385 g/mol. The lowest BCUT2D eigenvalue weighted by molar-refractivity contribution is 0.0390. The van der Waals surface area contributed by atoms with Crippen LogP contribution in [0, 0.1) is 0 Å². The fraction of sp³-hybridized carbons (Fsp3) is 0.524. The van der Waals surface area contributed by atoms with E-state index in [-0.39, 0.29) is 0 Å². The van der Waals surface area contributed by atoms with Crippen LogP contribution in [-0.4, -0.2) is 60.4 Å². The minimum Gasteiger partial charge on any atom is -0.378 e. The van der Waals surface area contributed by atoms with Gasteiger partial charge in [-0.1, -0.05) is 30.3 Å². The topological polar surface area (TPSA) is 41.5 Å². The van der Waals surface area contributed by atoms with Crippen LogP contribution in [0.25, 0.3) is 0 Å². The molecule has 2 aliphatic rings. The molecule has 6 heteroatoms. The van der Waals surface area contributed by atoms with E-state index in [4.69, 9.17) is 4.74 Å². The Hall–Kier alpha value is -1.79. The summed E-state index contributed by atoms with van der Waals surface area (Å²) >= 11 is 2.02. The summed E-state index contributed by atoms with van der Waals surface area (Å²) in [5.74, 6) is 4.50. The molecular formula is C21H28N4OS. The Balaban J connectivity index is 1.25. The van der Waals surface area contributed by atoms with Gasteiger partial charge in [-0.25, -0.2) is 9.97 Å². The number of rotatable bonds is 6. The molecule has 1 aromatic heterocycles. The number of nitrogens with zero attached hydrogens (tertiary/aromatic N) is 4. The number of hydrogen-bond acceptors (Lipinski definition) is 6. The number of piperidine rings is 1. The fourth-order valence-electron chi connectivity index (χ4n) is 3.72. The van der Waals surface area contributed by atoms with Gasteiger partial charge in [-0.2, -0.15) is 11.8 Å². The zero-order valence-electron chi connectivity index (χ0n) is 15.8. The van der Waals surface area contributed by atoms with Gasteiger partial charge in [0.15, 0.2) is 0 Å². The van der Waals surface area contributed by atoms with Crippen molar-refractivity contribution >= 4 is 23.4 Å². The molecule has 0 N–H and O–H groups in total. The van der Waals surface area contributed by atoms with Crippen molar-refractivity contribution in [2.75, 3.05) is 54.1 Å². The van der Waals surface area contributed by atoms with Gasteiger partial charge >= 0.3 is 0 Å². The van der Waals surface area contributed by atoms with Crippen molar-refractivity contribution in [1.29, 1.82) is 0 Å². The Kier molecular flexibility index (Phi) is 6.48. The molecule has 5 nitrogen and oxygen atoms in total. The first-order valence-electron chi connectivity index (χ1n) is 9.94. The van der Waals surface area contributed by atoms with Gasteiger partial charge in [0.05, 0.1) is 12.7 Å². The van der Waals surface area contributed by atoms with Crippen LogP contribution in [-0.2, 0) is 11.2 Å². The van der Waals surface area contributed by atoms with Gasteiger partial charge in [0.2, 0.25) is 0 Å². The number of hydrogen-bond donors (Lipinski definition) is 0. The monoisotopic (exact) mass is 384 g/mol. The van der Waals surface area contributed by atoms with E-state index in [9.17, 15) is 0 Å². The van der Waals surface area contributed by atoms with Crippen molar-refractivity contribution < 1.29 is 4.74 Å². The summed E-state index contributed by atoms with van der Waals surface area (Å²) in [6.07, 6.45) is 5.20. The minimum absolute atomic E-state index is 0.366. The van der Waals surface area contributed by atoms with E-state index in [1.165, 1.54) is 17.1 Å². The Morgan fingerprint density at radius 2 is 1.59 bits per heavy atom. The van der Waals surface area contributed by atoms with Crippen LogP contribution < -0.4 is 9.80 Å². The number of aromatic nitrogens is 2. The molecule has 1 aromatic carbocycles. The zero-order valence-corrected chi connectivity index (χ0v) is 16.6. The summed E-state index contributed by atoms with van der Waals surface area (Å²) in [4.78, 5) is 13.8. The second-order valence-corrected chi connectivity index (χ2v) is 8.35. The molecule has 0 atom stereocenters. The summed E-state index contributed by atoms with van der Waals surface area (Å²) in [5, 5.41) is 0. The third-order valence-corrected chi connectivity index (χ3v) is 6.27. The molecule has 27 heavy (non-hydrogen) atoms. The molecule has 144 valence electrons. The first kappa shape index (κ1) is 18.6. The first-order chi connectivity index (χ1) is 13.4. The lowest BCUT2D eigenvalue weighted by Gasteiger charge is -2.33. The maximum Gasteiger partial charge on any atom is 0.134 e. The number of ether oxygens (including phenoxy) is 1. The maximum absolute atomic E-state index is 6.12. The lowest BCUT2D eigenvalue weighted by Crippen LogP contribution is -2.38. The molecule has 2 aromatic rings. The van der Waals surface area contributed by atoms with Crippen molar-refractivity contribution in [2.45, 2.75) is 25.4 Å². The van der Waals surface area contributed by atoms with Crippen LogP contribution in [0.3, 0.4) is 0 Å². The highest BCUT2D eigenvalue weighted by molar-refractivity contribution is 7.99. The Morgan fingerprint density at radius 1 is 0.926 bits per heavy atom. The van der Waals surface area contributed by atoms with Crippen molar-refractivity contribution in [2.24, 2.45) is 0 Å². The Labute approximate surface area is 166 Å². The summed E-state index contributed by atoms with van der Waals surface area (Å²) in [6, 6.07) is 12.7. The molecule has 0 radical (unpaired) electrons. The van der Waals surface area contributed by atoms with Crippen LogP contribution >= 0.6 is 11.8 Å². The largest absolute Gasteiger partial charge is 0.378 e. The van der Waals surface area contributed by atoms with Crippen LogP contribution in [0.1, 0.15) is 18.4 Å². The normalized spacial score (nSPS) is 18.7. The molecular weight excluding hydrogens is 356 g/mol. The second kappa shape index (κ2) is 9.42. The molecule has 2 aliphatic heterocycles. The van der Waals surface area contributed by atoms with E-state index in [1.54, 1.807) is 6.33 Å². The number of thioether (sulfide) groups is 1. The van der Waals surface area contributed by atoms with E-state index in [2.05, 4.69) is 56.2 Å². The molecule has 2 saturated heterocycles. The van der Waals surface area contributed by atoms with Gasteiger partial charge in [0.1, 0.15) is 18.0 Å². The van der Waals surface area contributed by atoms with Gasteiger partial charge in [-0.15, -0.1) is 0 Å². The lowest BCUT2D eigenvalue weighted by atomic mass is 10.1. The second-order valence-electron chi connectivity index (χ2n) is 7.13. The predicted molar refractivity (Wildman–Crippen MR) is 113 cm³/mol. The third kappa shape index (κ3) is 5.14. The standard InChI is InChI=1S/C21H28N4OS/c1-2-4-18(5-3-1)8-13-26-19-6-9-24(10-7-19)20-16-21(23-17-22-20)25-11-14-27-15-12-25/h1-5,16-17,19H,6-15H2. The molecule has 0 aliphatic carbocycles. The first-order valence-corrected chi connectivity index (χ1v) is 11.1. The van der Waals surface area contributed by atoms with Crippen LogP contribution in [0.5, 0.6) is 0 Å². The van der Waals surface area contributed by atoms with Crippen molar-refractivity contribution in [3.05, 3.63) is 48.3 Å². The van der Waals surface area contributed by atoms with Gasteiger partial charge in [0.25, 0.3) is 0 Å². The third-order valence-electron chi connectivity index (χ3n) is 5.33. The van der Waals surface area contributed by atoms with Crippen LogP contribution in [0.15, 0.2) is 42.7 Å². The van der Waals surface area contributed by atoms with Gasteiger partial charge in [-0.3, -0.25) is 0 Å². The van der Waals surface area contributed by atoms with Crippen molar-refractivity contribution in [3.8, 4) is 0 Å². The smallest absolute Gasteiger partial charge is 0.134 e. The molecule has 0 bridgehead atoms. The fourth-order valence-corrected chi connectivity index (χ4v) is 4.62. The summed E-state index contributed by atoms with van der Waals surface area (Å²) in [5.41, 5.74) is 1.35. The minimum atomic E-state index is 0.366. The van der Waals surface area contributed by atoms with Crippen LogP contribution in [0.2, 0.25) is 0 Å². The molecule has 3 heterocycles.